The molecule has 4 nitrogen and oxygen atoms in total. The van der Waals surface area contributed by atoms with Gasteiger partial charge in [-0.1, -0.05) is 60.7 Å². The van der Waals surface area contributed by atoms with E-state index in [1.165, 1.54) is 24.3 Å². The van der Waals surface area contributed by atoms with E-state index in [4.69, 9.17) is 0 Å². The van der Waals surface area contributed by atoms with Gasteiger partial charge < -0.3 is 0 Å². The molecule has 2 aromatic carbocycles. The number of rotatable bonds is 4. The lowest BCUT2D eigenvalue weighted by Crippen LogP contribution is -2.42. The van der Waals surface area contributed by atoms with Gasteiger partial charge in [-0.3, -0.25) is 0 Å². The monoisotopic (exact) mass is 438 g/mol. The zero-order chi connectivity index (χ0) is 20.9. The zero-order valence-corrected chi connectivity index (χ0v) is 17.9. The Morgan fingerprint density at radius 3 is 1.27 bits per heavy atom. The van der Waals surface area contributed by atoms with Gasteiger partial charge in [0.05, 0.1) is 9.79 Å². The van der Waals surface area contributed by atoms with Crippen LogP contribution in [0.4, 0.5) is 0 Å². The van der Waals surface area contributed by atoms with E-state index in [1.54, 1.807) is 48.6 Å². The van der Waals surface area contributed by atoms with Gasteiger partial charge >= 0.3 is 0 Å². The van der Waals surface area contributed by atoms with Crippen molar-refractivity contribution >= 4 is 19.7 Å². The molecule has 6 heteroatoms. The molecule has 4 aliphatic carbocycles. The van der Waals surface area contributed by atoms with E-state index in [0.717, 1.165) is 24.0 Å². The van der Waals surface area contributed by atoms with Crippen LogP contribution in [0.2, 0.25) is 0 Å². The maximum Gasteiger partial charge on any atom is 0.186 e. The topological polar surface area (TPSA) is 68.3 Å². The van der Waals surface area contributed by atoms with Crippen LogP contribution in [-0.4, -0.2) is 27.3 Å². The van der Waals surface area contributed by atoms with Gasteiger partial charge in [0, 0.05) is 11.8 Å². The van der Waals surface area contributed by atoms with Crippen LogP contribution in [0.5, 0.6) is 0 Å². The molecule has 6 rings (SSSR count). The SMILES string of the molecule is O=S(=O)(c1ccccc1)[C@@H]1C=C2C(=C[C@H]1S(=O)(=O)c1ccccc1)[C@H]1C=C[C@@H]2CC1. The van der Waals surface area contributed by atoms with Crippen LogP contribution >= 0.6 is 0 Å². The van der Waals surface area contributed by atoms with Gasteiger partial charge in [0.1, 0.15) is 10.5 Å². The molecule has 154 valence electrons. The summed E-state index contributed by atoms with van der Waals surface area (Å²) in [4.78, 5) is 0.293. The van der Waals surface area contributed by atoms with Crippen molar-refractivity contribution in [1.29, 1.82) is 0 Å². The van der Waals surface area contributed by atoms with Crippen molar-refractivity contribution < 1.29 is 16.8 Å². The summed E-state index contributed by atoms with van der Waals surface area (Å²) in [5.41, 5.74) is 1.97. The van der Waals surface area contributed by atoms with Crippen molar-refractivity contribution in [3.8, 4) is 0 Å². The zero-order valence-electron chi connectivity index (χ0n) is 16.3. The Morgan fingerprint density at radius 1 is 0.567 bits per heavy atom. The largest absolute Gasteiger partial charge is 0.223 e. The Hall–Kier alpha value is -2.44. The van der Waals surface area contributed by atoms with Gasteiger partial charge in [0.15, 0.2) is 19.7 Å². The summed E-state index contributed by atoms with van der Waals surface area (Å²) in [6, 6.07) is 16.3. The van der Waals surface area contributed by atoms with E-state index in [-0.39, 0.29) is 21.6 Å². The van der Waals surface area contributed by atoms with Crippen molar-refractivity contribution in [2.75, 3.05) is 0 Å². The third-order valence-corrected chi connectivity index (χ3v) is 10.7. The van der Waals surface area contributed by atoms with Crippen LogP contribution in [0.1, 0.15) is 12.8 Å². The van der Waals surface area contributed by atoms with Crippen molar-refractivity contribution in [2.24, 2.45) is 11.8 Å². The van der Waals surface area contributed by atoms with Crippen LogP contribution in [0, 0.1) is 11.8 Å². The fourth-order valence-electron chi connectivity index (χ4n) is 4.82. The lowest BCUT2D eigenvalue weighted by atomic mass is 9.67. The minimum Gasteiger partial charge on any atom is -0.223 e. The summed E-state index contributed by atoms with van der Waals surface area (Å²) in [6.45, 7) is 0. The predicted molar refractivity (Wildman–Crippen MR) is 116 cm³/mol. The molecule has 0 amide bonds. The van der Waals surface area contributed by atoms with Gasteiger partial charge in [-0.2, -0.15) is 0 Å². The summed E-state index contributed by atoms with van der Waals surface area (Å²) in [6.07, 6.45) is 9.66. The molecular weight excluding hydrogens is 416 g/mol. The molecule has 0 unspecified atom stereocenters. The van der Waals surface area contributed by atoms with E-state index < -0.39 is 30.2 Å². The van der Waals surface area contributed by atoms with Crippen LogP contribution in [-0.2, 0) is 19.7 Å². The second kappa shape index (κ2) is 7.06. The maximum atomic E-state index is 13.6. The van der Waals surface area contributed by atoms with Gasteiger partial charge in [0.2, 0.25) is 0 Å². The number of allylic oxidation sites excluding steroid dienone is 4. The highest BCUT2D eigenvalue weighted by Crippen LogP contribution is 2.48. The molecule has 0 spiro atoms. The fourth-order valence-corrected chi connectivity index (χ4v) is 8.91. The second-order valence-corrected chi connectivity index (χ2v) is 12.3. The summed E-state index contributed by atoms with van der Waals surface area (Å²) >= 11 is 0. The molecule has 0 N–H and O–H groups in total. The average molecular weight is 439 g/mol. The Labute approximate surface area is 177 Å². The van der Waals surface area contributed by atoms with Crippen LogP contribution < -0.4 is 0 Å². The first-order valence-corrected chi connectivity index (χ1v) is 13.2. The predicted octanol–water partition coefficient (Wildman–Crippen LogP) is 4.13. The maximum absolute atomic E-state index is 13.6. The molecule has 1 fully saturated rings. The first kappa shape index (κ1) is 19.5. The summed E-state index contributed by atoms with van der Waals surface area (Å²) in [5.74, 6) is 0.324. The quantitative estimate of drug-likeness (QED) is 0.673. The van der Waals surface area contributed by atoms with E-state index in [0.29, 0.717) is 0 Å². The van der Waals surface area contributed by atoms with Gasteiger partial charge in [0.25, 0.3) is 0 Å². The van der Waals surface area contributed by atoms with Crippen molar-refractivity contribution in [3.63, 3.8) is 0 Å². The Bertz CT molecular complexity index is 1170. The molecule has 0 saturated heterocycles. The van der Waals surface area contributed by atoms with Crippen LogP contribution in [0.15, 0.2) is 106 Å². The number of sulfone groups is 2. The second-order valence-electron chi connectivity index (χ2n) is 8.06. The standard InChI is InChI=1S/C24H22O4S2/c25-29(26,19-7-3-1-4-8-19)23-15-21-17-11-13-18(14-12-17)22(21)16-24(23)30(27,28)20-9-5-2-6-10-20/h1-11,13,15-18,23-24H,12,14H2/t17-,18+,23-,24-/m1/s1. The molecule has 0 radical (unpaired) electrons. The summed E-state index contributed by atoms with van der Waals surface area (Å²) in [5, 5.41) is -2.31. The minimum absolute atomic E-state index is 0.147. The Morgan fingerprint density at radius 2 is 0.933 bits per heavy atom. The number of benzene rings is 2. The fraction of sp³-hybridized carbons (Fsp3) is 0.250. The lowest BCUT2D eigenvalue weighted by molar-refractivity contribution is 0.474. The highest BCUT2D eigenvalue weighted by Gasteiger charge is 2.46. The third kappa shape index (κ3) is 3.01. The van der Waals surface area contributed by atoms with Crippen molar-refractivity contribution in [3.05, 3.63) is 96.1 Å². The van der Waals surface area contributed by atoms with Crippen LogP contribution in [0.25, 0.3) is 0 Å². The van der Waals surface area contributed by atoms with E-state index in [2.05, 4.69) is 12.2 Å². The molecule has 0 aromatic heterocycles. The van der Waals surface area contributed by atoms with Crippen LogP contribution in [0.3, 0.4) is 0 Å². The first-order chi connectivity index (χ1) is 14.4. The molecule has 1 saturated carbocycles. The van der Waals surface area contributed by atoms with Gasteiger partial charge in [-0.25, -0.2) is 16.8 Å². The molecule has 0 aliphatic heterocycles. The van der Waals surface area contributed by atoms with Gasteiger partial charge in [-0.15, -0.1) is 0 Å². The number of hydrogen-bond donors (Lipinski definition) is 0. The molecule has 0 heterocycles. The molecule has 4 atom stereocenters. The van der Waals surface area contributed by atoms with Crippen molar-refractivity contribution in [2.45, 2.75) is 33.1 Å². The molecular formula is C24H22O4S2. The summed E-state index contributed by atoms with van der Waals surface area (Å²) in [7, 11) is -7.79. The Balaban J connectivity index is 1.70. The molecule has 2 bridgehead atoms. The first-order valence-electron chi connectivity index (χ1n) is 10.1. The number of hydrogen-bond acceptors (Lipinski definition) is 4. The highest BCUT2D eigenvalue weighted by atomic mass is 32.2. The highest BCUT2D eigenvalue weighted by molar-refractivity contribution is 7.96. The molecule has 2 aromatic rings. The Kier molecular flexibility index (Phi) is 4.60. The normalized spacial score (nSPS) is 27.9. The number of fused-ring (bicyclic) bond motifs is 1. The third-order valence-electron chi connectivity index (χ3n) is 6.37. The van der Waals surface area contributed by atoms with E-state index in [1.807, 2.05) is 0 Å². The molecule has 30 heavy (non-hydrogen) atoms. The summed E-state index contributed by atoms with van der Waals surface area (Å²) < 4.78 is 54.4. The van der Waals surface area contributed by atoms with Gasteiger partial charge in [-0.05, 0) is 48.3 Å². The average Bonchev–Trinajstić information content (AvgIpc) is 2.80. The lowest BCUT2D eigenvalue weighted by Gasteiger charge is -2.40. The minimum atomic E-state index is -3.89. The smallest absolute Gasteiger partial charge is 0.186 e. The van der Waals surface area contributed by atoms with E-state index >= 15 is 0 Å². The molecule has 4 aliphatic rings. The van der Waals surface area contributed by atoms with E-state index in [9.17, 15) is 16.8 Å². The van der Waals surface area contributed by atoms with Crippen molar-refractivity contribution in [1.82, 2.24) is 0 Å².